The lowest BCUT2D eigenvalue weighted by Gasteiger charge is -2.17. The molecule has 10 heteroatoms. The smallest absolute Gasteiger partial charge is 0.275 e. The van der Waals surface area contributed by atoms with E-state index in [1.165, 1.54) is 11.8 Å². The molecule has 0 aromatic heterocycles. The fraction of sp³-hybridized carbons (Fsp3) is 0.0952. The van der Waals surface area contributed by atoms with Gasteiger partial charge in [-0.1, -0.05) is 29.8 Å². The Balaban J connectivity index is 1.70. The Morgan fingerprint density at radius 1 is 1.10 bits per heavy atom. The number of thiocarbonyl (C=S) groups is 1. The monoisotopic (exact) mass is 454 g/mol. The first-order valence-corrected chi connectivity index (χ1v) is 9.93. The minimum atomic E-state index is -0.647. The van der Waals surface area contributed by atoms with Crippen molar-refractivity contribution >= 4 is 69.5 Å². The Hall–Kier alpha value is -3.56. The van der Waals surface area contributed by atoms with Crippen LogP contribution < -0.4 is 15.5 Å². The van der Waals surface area contributed by atoms with Crippen molar-refractivity contribution < 1.29 is 19.2 Å². The maximum Gasteiger partial charge on any atom is 0.275 e. The number of benzene rings is 2. The number of hydrogen-bond acceptors (Lipinski definition) is 5. The van der Waals surface area contributed by atoms with Crippen molar-refractivity contribution in [2.75, 3.05) is 16.8 Å². The summed E-state index contributed by atoms with van der Waals surface area (Å²) in [4.78, 5) is 52.8. The topological polar surface area (TPSA) is 98.8 Å². The predicted octanol–water partition coefficient (Wildman–Crippen LogP) is 2.30. The van der Waals surface area contributed by atoms with Crippen LogP contribution in [0.1, 0.15) is 12.5 Å². The number of hydrogen-bond donors (Lipinski definition) is 2. The largest absolute Gasteiger partial charge is 0.325 e. The standard InChI is InChI=1S/C21H15ClN4O4S/c1-11(27)26-18(19(29)24-21(26)31)17-14-4-2-3-5-15(14)25(20(17)30)10-16(28)23-13-8-6-12(22)7-9-13/h2-9H,10H2,1H3,(H,23,28)(H,24,29,31)/b18-17-. The van der Waals surface area contributed by atoms with Gasteiger partial charge in [0.05, 0.1) is 11.3 Å². The molecule has 0 spiro atoms. The molecule has 0 radical (unpaired) electrons. The molecule has 2 heterocycles. The highest BCUT2D eigenvalue weighted by Gasteiger charge is 2.43. The molecule has 2 aliphatic heterocycles. The number of fused-ring (bicyclic) bond motifs is 1. The lowest BCUT2D eigenvalue weighted by molar-refractivity contribution is -0.125. The predicted molar refractivity (Wildman–Crippen MR) is 119 cm³/mol. The second-order valence-electron chi connectivity index (χ2n) is 6.80. The van der Waals surface area contributed by atoms with Gasteiger partial charge < -0.3 is 5.32 Å². The fourth-order valence-corrected chi connectivity index (χ4v) is 3.92. The van der Waals surface area contributed by atoms with Crippen molar-refractivity contribution in [1.29, 1.82) is 0 Å². The Morgan fingerprint density at radius 2 is 1.77 bits per heavy atom. The number of halogens is 1. The number of anilines is 2. The molecule has 0 bridgehead atoms. The summed E-state index contributed by atoms with van der Waals surface area (Å²) in [5.74, 6) is -2.17. The molecule has 4 rings (SSSR count). The third kappa shape index (κ3) is 3.69. The van der Waals surface area contributed by atoms with Crippen LogP contribution in [0.2, 0.25) is 5.02 Å². The summed E-state index contributed by atoms with van der Waals surface area (Å²) in [6, 6.07) is 13.3. The number of para-hydroxylation sites is 1. The number of amides is 4. The van der Waals surface area contributed by atoms with Crippen LogP contribution in [0.3, 0.4) is 0 Å². The van der Waals surface area contributed by atoms with E-state index >= 15 is 0 Å². The molecule has 2 aromatic carbocycles. The van der Waals surface area contributed by atoms with Crippen molar-refractivity contribution in [2.45, 2.75) is 6.92 Å². The van der Waals surface area contributed by atoms with Gasteiger partial charge in [0.15, 0.2) is 5.11 Å². The molecule has 156 valence electrons. The summed E-state index contributed by atoms with van der Waals surface area (Å²) in [6.45, 7) is 0.956. The summed E-state index contributed by atoms with van der Waals surface area (Å²) >= 11 is 10.9. The first kappa shape index (κ1) is 20.7. The van der Waals surface area contributed by atoms with Crippen LogP contribution in [0.5, 0.6) is 0 Å². The number of carbonyl (C=O) groups excluding carboxylic acids is 4. The van der Waals surface area contributed by atoms with Gasteiger partial charge in [-0.3, -0.25) is 34.3 Å². The van der Waals surface area contributed by atoms with Gasteiger partial charge in [-0.2, -0.15) is 0 Å². The van der Waals surface area contributed by atoms with Gasteiger partial charge >= 0.3 is 0 Å². The average Bonchev–Trinajstić information content (AvgIpc) is 3.16. The molecule has 0 aliphatic carbocycles. The minimum absolute atomic E-state index is 0.0162. The summed E-state index contributed by atoms with van der Waals surface area (Å²) in [7, 11) is 0. The number of nitrogens with one attached hydrogen (secondary N) is 2. The van der Waals surface area contributed by atoms with Crippen LogP contribution in [0, 0.1) is 0 Å². The summed E-state index contributed by atoms with van der Waals surface area (Å²) < 4.78 is 0. The van der Waals surface area contributed by atoms with Crippen LogP contribution in [0.4, 0.5) is 11.4 Å². The van der Waals surface area contributed by atoms with E-state index in [1.54, 1.807) is 48.5 Å². The van der Waals surface area contributed by atoms with Crippen LogP contribution in [0.25, 0.3) is 5.57 Å². The van der Waals surface area contributed by atoms with Gasteiger partial charge in [0.2, 0.25) is 11.8 Å². The van der Waals surface area contributed by atoms with Gasteiger partial charge in [0.25, 0.3) is 11.8 Å². The van der Waals surface area contributed by atoms with E-state index in [0.29, 0.717) is 22.0 Å². The van der Waals surface area contributed by atoms with E-state index in [9.17, 15) is 19.2 Å². The molecule has 1 fully saturated rings. The minimum Gasteiger partial charge on any atom is -0.325 e. The molecular formula is C21H15ClN4O4S. The zero-order valence-corrected chi connectivity index (χ0v) is 17.7. The molecule has 0 unspecified atom stereocenters. The van der Waals surface area contributed by atoms with E-state index in [4.69, 9.17) is 23.8 Å². The van der Waals surface area contributed by atoms with Crippen LogP contribution in [-0.4, -0.2) is 40.2 Å². The molecule has 2 N–H and O–H groups in total. The van der Waals surface area contributed by atoms with Crippen LogP contribution in [-0.2, 0) is 19.2 Å². The Kier molecular flexibility index (Phi) is 5.30. The highest BCUT2D eigenvalue weighted by Crippen LogP contribution is 2.40. The third-order valence-corrected chi connectivity index (χ3v) is 5.30. The van der Waals surface area contributed by atoms with Crippen LogP contribution >= 0.6 is 23.8 Å². The van der Waals surface area contributed by atoms with Crippen molar-refractivity contribution in [2.24, 2.45) is 0 Å². The lowest BCUT2D eigenvalue weighted by atomic mass is 10.0. The van der Waals surface area contributed by atoms with Crippen molar-refractivity contribution in [3.63, 3.8) is 0 Å². The van der Waals surface area contributed by atoms with Crippen molar-refractivity contribution in [3.05, 3.63) is 64.8 Å². The number of nitrogens with zero attached hydrogens (tertiary/aromatic N) is 2. The number of carbonyl (C=O) groups is 4. The molecule has 1 saturated heterocycles. The van der Waals surface area contributed by atoms with Crippen LogP contribution in [0.15, 0.2) is 54.2 Å². The van der Waals surface area contributed by atoms with Gasteiger partial charge in [0, 0.05) is 23.2 Å². The Morgan fingerprint density at radius 3 is 2.45 bits per heavy atom. The van der Waals surface area contributed by atoms with E-state index in [1.807, 2.05) is 0 Å². The Bertz CT molecular complexity index is 1190. The van der Waals surface area contributed by atoms with E-state index < -0.39 is 23.6 Å². The van der Waals surface area contributed by atoms with Crippen molar-refractivity contribution in [3.8, 4) is 0 Å². The maximum atomic E-state index is 13.3. The quantitative estimate of drug-likeness (QED) is 0.547. The Labute approximate surface area is 187 Å². The summed E-state index contributed by atoms with van der Waals surface area (Å²) in [5, 5.41) is 5.54. The molecule has 2 aliphatic rings. The van der Waals surface area contributed by atoms with Crippen molar-refractivity contribution in [1.82, 2.24) is 10.2 Å². The van der Waals surface area contributed by atoms with E-state index in [-0.39, 0.29) is 22.9 Å². The zero-order chi connectivity index (χ0) is 22.3. The summed E-state index contributed by atoms with van der Waals surface area (Å²) in [6.07, 6.45) is 0. The fourth-order valence-electron chi connectivity index (χ4n) is 3.48. The average molecular weight is 455 g/mol. The van der Waals surface area contributed by atoms with E-state index in [0.717, 1.165) is 4.90 Å². The normalized spacial score (nSPS) is 17.7. The van der Waals surface area contributed by atoms with Gasteiger partial charge in [0.1, 0.15) is 12.2 Å². The third-order valence-electron chi connectivity index (χ3n) is 4.77. The first-order chi connectivity index (χ1) is 14.8. The molecule has 0 atom stereocenters. The maximum absolute atomic E-state index is 13.3. The second kappa shape index (κ2) is 7.93. The second-order valence-corrected chi connectivity index (χ2v) is 7.62. The molecule has 4 amide bonds. The molecule has 8 nitrogen and oxygen atoms in total. The van der Waals surface area contributed by atoms with Gasteiger partial charge in [-0.25, -0.2) is 0 Å². The molecule has 2 aromatic rings. The molecular weight excluding hydrogens is 440 g/mol. The highest BCUT2D eigenvalue weighted by molar-refractivity contribution is 7.80. The molecule has 0 saturated carbocycles. The van der Waals surface area contributed by atoms with E-state index in [2.05, 4.69) is 10.6 Å². The lowest BCUT2D eigenvalue weighted by Crippen LogP contribution is -2.36. The van der Waals surface area contributed by atoms with Gasteiger partial charge in [-0.05, 0) is 42.5 Å². The highest BCUT2D eigenvalue weighted by atomic mass is 35.5. The number of rotatable bonds is 3. The SMILES string of the molecule is CC(=O)N1C(=S)NC(=O)/C1=C1/C(=O)N(CC(=O)Nc2ccc(Cl)cc2)c2ccccc21. The molecule has 31 heavy (non-hydrogen) atoms. The summed E-state index contributed by atoms with van der Waals surface area (Å²) in [5.41, 5.74) is 1.29. The van der Waals surface area contributed by atoms with Gasteiger partial charge in [-0.15, -0.1) is 0 Å². The first-order valence-electron chi connectivity index (χ1n) is 9.15. The zero-order valence-electron chi connectivity index (χ0n) is 16.1.